The van der Waals surface area contributed by atoms with Crippen LogP contribution < -0.4 is 0 Å². The van der Waals surface area contributed by atoms with Gasteiger partial charge in [-0.1, -0.05) is 94.4 Å². The molecule has 0 saturated heterocycles. The molecule has 6 nitrogen and oxygen atoms in total. The van der Waals surface area contributed by atoms with Gasteiger partial charge in [-0.05, 0) is 52.4 Å². The van der Waals surface area contributed by atoms with Crippen molar-refractivity contribution < 1.29 is 30.0 Å². The van der Waals surface area contributed by atoms with E-state index in [1.165, 1.54) is 18.2 Å². The van der Waals surface area contributed by atoms with Gasteiger partial charge >= 0.3 is 11.9 Å². The van der Waals surface area contributed by atoms with Crippen molar-refractivity contribution in [2.75, 3.05) is 0 Å². The third-order valence-corrected chi connectivity index (χ3v) is 7.57. The molecule has 0 heterocycles. The molecule has 0 saturated carbocycles. The molecule has 0 fully saturated rings. The van der Waals surface area contributed by atoms with E-state index in [4.69, 9.17) is 0 Å². The van der Waals surface area contributed by atoms with Crippen molar-refractivity contribution in [3.8, 4) is 11.5 Å². The summed E-state index contributed by atoms with van der Waals surface area (Å²) in [7, 11) is 0. The van der Waals surface area contributed by atoms with Gasteiger partial charge in [-0.25, -0.2) is 9.59 Å². The lowest BCUT2D eigenvalue weighted by Gasteiger charge is -2.28. The summed E-state index contributed by atoms with van der Waals surface area (Å²) in [6, 6.07) is 25.5. The van der Waals surface area contributed by atoms with Crippen molar-refractivity contribution in [2.45, 2.75) is 44.9 Å². The van der Waals surface area contributed by atoms with E-state index in [1.807, 2.05) is 88.4 Å². The van der Waals surface area contributed by atoms with Gasteiger partial charge in [0.15, 0.2) is 0 Å². The SMILES string of the molecule is CC(C)(c1cccc(Cc2cc(C(=O)O)c(O)c(C(C)(C)c3ccccc3)c2)c1)c1ccc(O)c(C(=O)O)c1. The van der Waals surface area contributed by atoms with Gasteiger partial charge in [0, 0.05) is 16.4 Å². The lowest BCUT2D eigenvalue weighted by atomic mass is 9.75. The maximum absolute atomic E-state index is 12.1. The van der Waals surface area contributed by atoms with E-state index in [9.17, 15) is 30.0 Å². The van der Waals surface area contributed by atoms with Crippen LogP contribution in [0.1, 0.15) is 81.8 Å². The second-order valence-electron chi connectivity index (χ2n) is 10.9. The summed E-state index contributed by atoms with van der Waals surface area (Å²) in [5.74, 6) is -2.92. The fourth-order valence-corrected chi connectivity index (χ4v) is 5.01. The summed E-state index contributed by atoms with van der Waals surface area (Å²) in [4.78, 5) is 23.6. The first-order chi connectivity index (χ1) is 18.3. The summed E-state index contributed by atoms with van der Waals surface area (Å²) < 4.78 is 0. The van der Waals surface area contributed by atoms with Crippen LogP contribution in [-0.2, 0) is 17.3 Å². The van der Waals surface area contributed by atoms with Gasteiger partial charge in [-0.15, -0.1) is 0 Å². The molecule has 39 heavy (non-hydrogen) atoms. The van der Waals surface area contributed by atoms with E-state index in [1.54, 1.807) is 6.07 Å². The quantitative estimate of drug-likeness (QED) is 0.203. The molecule has 4 rings (SSSR count). The highest BCUT2D eigenvalue weighted by atomic mass is 16.4. The number of rotatable bonds is 8. The molecule has 0 spiro atoms. The van der Waals surface area contributed by atoms with Crippen LogP contribution in [0, 0.1) is 0 Å². The highest BCUT2D eigenvalue weighted by molar-refractivity contribution is 5.92. The molecule has 0 bridgehead atoms. The summed E-state index contributed by atoms with van der Waals surface area (Å²) in [6.07, 6.45) is 0.429. The monoisotopic (exact) mass is 524 g/mol. The number of carbonyl (C=O) groups is 2. The van der Waals surface area contributed by atoms with Crippen molar-refractivity contribution in [3.05, 3.63) is 129 Å². The zero-order chi connectivity index (χ0) is 28.5. The molecule has 4 aromatic carbocycles. The Kier molecular flexibility index (Phi) is 7.25. The summed E-state index contributed by atoms with van der Waals surface area (Å²) in [5.41, 5.74) is 3.32. The minimum Gasteiger partial charge on any atom is -0.507 e. The van der Waals surface area contributed by atoms with Crippen LogP contribution in [0.4, 0.5) is 0 Å². The number of phenols is 2. The topological polar surface area (TPSA) is 115 Å². The van der Waals surface area contributed by atoms with Crippen LogP contribution >= 0.6 is 0 Å². The second-order valence-corrected chi connectivity index (χ2v) is 10.9. The molecular formula is C33H32O6. The number of hydrogen-bond donors (Lipinski definition) is 4. The van der Waals surface area contributed by atoms with Crippen LogP contribution in [-0.4, -0.2) is 32.4 Å². The third-order valence-electron chi connectivity index (χ3n) is 7.57. The molecule has 0 aliphatic heterocycles. The predicted molar refractivity (Wildman–Crippen MR) is 150 cm³/mol. The van der Waals surface area contributed by atoms with Crippen LogP contribution in [0.3, 0.4) is 0 Å². The zero-order valence-corrected chi connectivity index (χ0v) is 22.4. The number of hydrogen-bond acceptors (Lipinski definition) is 4. The normalized spacial score (nSPS) is 11.8. The number of benzene rings is 4. The van der Waals surface area contributed by atoms with E-state index >= 15 is 0 Å². The Bertz CT molecular complexity index is 1550. The van der Waals surface area contributed by atoms with Gasteiger partial charge in [0.1, 0.15) is 22.6 Å². The van der Waals surface area contributed by atoms with Gasteiger partial charge in [-0.3, -0.25) is 0 Å². The molecule has 0 aliphatic rings. The minimum atomic E-state index is -1.20. The van der Waals surface area contributed by atoms with Gasteiger partial charge in [-0.2, -0.15) is 0 Å². The first-order valence-corrected chi connectivity index (χ1v) is 12.6. The lowest BCUT2D eigenvalue weighted by Crippen LogP contribution is -2.21. The largest absolute Gasteiger partial charge is 0.507 e. The van der Waals surface area contributed by atoms with Crippen molar-refractivity contribution in [3.63, 3.8) is 0 Å². The highest BCUT2D eigenvalue weighted by Crippen LogP contribution is 2.40. The first-order valence-electron chi connectivity index (χ1n) is 12.6. The van der Waals surface area contributed by atoms with Crippen molar-refractivity contribution in [1.82, 2.24) is 0 Å². The van der Waals surface area contributed by atoms with Gasteiger partial charge in [0.25, 0.3) is 0 Å². The van der Waals surface area contributed by atoms with Crippen LogP contribution in [0.25, 0.3) is 0 Å². The van der Waals surface area contributed by atoms with E-state index in [0.717, 1.165) is 27.8 Å². The zero-order valence-electron chi connectivity index (χ0n) is 22.4. The summed E-state index contributed by atoms with van der Waals surface area (Å²) >= 11 is 0. The fourth-order valence-electron chi connectivity index (χ4n) is 5.01. The predicted octanol–water partition coefficient (Wildman–Crippen LogP) is 6.74. The average Bonchev–Trinajstić information content (AvgIpc) is 2.90. The summed E-state index contributed by atoms with van der Waals surface area (Å²) in [5, 5.41) is 40.2. The highest BCUT2D eigenvalue weighted by Gasteiger charge is 2.30. The number of aromatic carboxylic acids is 2. The van der Waals surface area contributed by atoms with E-state index in [2.05, 4.69) is 0 Å². The summed E-state index contributed by atoms with van der Waals surface area (Å²) in [6.45, 7) is 7.87. The molecule has 200 valence electrons. The number of carboxylic acid groups (broad SMARTS) is 2. The Morgan fingerprint density at radius 3 is 1.87 bits per heavy atom. The first kappa shape index (κ1) is 27.5. The van der Waals surface area contributed by atoms with E-state index < -0.39 is 22.8 Å². The molecule has 0 radical (unpaired) electrons. The molecule has 0 amide bonds. The van der Waals surface area contributed by atoms with Crippen LogP contribution in [0.2, 0.25) is 0 Å². The Morgan fingerprint density at radius 2 is 1.23 bits per heavy atom. The fraction of sp³-hybridized carbons (Fsp3) is 0.212. The number of aromatic hydroxyl groups is 2. The lowest BCUT2D eigenvalue weighted by molar-refractivity contribution is 0.0682. The van der Waals surface area contributed by atoms with Crippen LogP contribution in [0.15, 0.2) is 84.9 Å². The van der Waals surface area contributed by atoms with E-state index in [0.29, 0.717) is 12.0 Å². The molecule has 0 aliphatic carbocycles. The molecule has 0 unspecified atom stereocenters. The molecule has 4 aromatic rings. The van der Waals surface area contributed by atoms with E-state index in [-0.39, 0.29) is 22.6 Å². The average molecular weight is 525 g/mol. The van der Waals surface area contributed by atoms with Gasteiger partial charge in [0.2, 0.25) is 0 Å². The smallest absolute Gasteiger partial charge is 0.339 e. The Balaban J connectivity index is 1.75. The van der Waals surface area contributed by atoms with Crippen molar-refractivity contribution in [1.29, 1.82) is 0 Å². The van der Waals surface area contributed by atoms with Gasteiger partial charge in [0.05, 0.1) is 0 Å². The second kappa shape index (κ2) is 10.3. The maximum atomic E-state index is 12.1. The standard InChI is InChI=1S/C33H32O6/c1-32(2,24-13-14-28(34)25(19-24)30(36)37)23-12-8-9-20(16-23)15-21-17-26(31(38)39)29(35)27(18-21)33(3,4)22-10-6-5-7-11-22/h5-14,16-19,34-35H,15H2,1-4H3,(H,36,37)(H,38,39). The Hall–Kier alpha value is -4.58. The van der Waals surface area contributed by atoms with Crippen LogP contribution in [0.5, 0.6) is 11.5 Å². The van der Waals surface area contributed by atoms with Crippen molar-refractivity contribution in [2.24, 2.45) is 0 Å². The van der Waals surface area contributed by atoms with Crippen molar-refractivity contribution >= 4 is 11.9 Å². The minimum absolute atomic E-state index is 0.145. The molecule has 0 aromatic heterocycles. The molecule has 0 atom stereocenters. The van der Waals surface area contributed by atoms with Gasteiger partial charge < -0.3 is 20.4 Å². The Labute approximate surface area is 227 Å². The molecule has 6 heteroatoms. The maximum Gasteiger partial charge on any atom is 0.339 e. The number of carboxylic acids is 2. The molecular weight excluding hydrogens is 492 g/mol. The third kappa shape index (κ3) is 5.36. The molecule has 4 N–H and O–H groups in total. The Morgan fingerprint density at radius 1 is 0.615 bits per heavy atom.